The highest BCUT2D eigenvalue weighted by molar-refractivity contribution is 6.11. The van der Waals surface area contributed by atoms with Gasteiger partial charge in [-0.05, 0) is 60.1 Å². The monoisotopic (exact) mass is 436 g/mol. The first-order chi connectivity index (χ1) is 16.1. The van der Waals surface area contributed by atoms with E-state index < -0.39 is 5.97 Å². The molecule has 1 aliphatic rings. The van der Waals surface area contributed by atoms with Crippen LogP contribution in [0.3, 0.4) is 0 Å². The van der Waals surface area contributed by atoms with Crippen molar-refractivity contribution in [3.05, 3.63) is 130 Å². The van der Waals surface area contributed by atoms with E-state index in [2.05, 4.69) is 9.97 Å². The van der Waals surface area contributed by atoms with Crippen molar-refractivity contribution >= 4 is 11.8 Å². The molecule has 0 amide bonds. The van der Waals surface area contributed by atoms with Crippen LogP contribution in [0.25, 0.3) is 0 Å². The van der Waals surface area contributed by atoms with Crippen molar-refractivity contribution in [1.82, 2.24) is 9.97 Å². The van der Waals surface area contributed by atoms with Gasteiger partial charge in [0.1, 0.15) is 0 Å². The van der Waals surface area contributed by atoms with Gasteiger partial charge in [-0.25, -0.2) is 4.79 Å². The second-order valence-corrected chi connectivity index (χ2v) is 7.84. The Labute approximate surface area is 192 Å². The number of pyridine rings is 2. The number of aromatic carboxylic acids is 1. The van der Waals surface area contributed by atoms with Crippen molar-refractivity contribution in [1.29, 1.82) is 0 Å². The second-order valence-electron chi connectivity index (χ2n) is 7.84. The average molecular weight is 437 g/mol. The molecule has 33 heavy (non-hydrogen) atoms. The highest BCUT2D eigenvalue weighted by Gasteiger charge is 2.20. The molecule has 1 N–H and O–H groups in total. The van der Waals surface area contributed by atoms with Gasteiger partial charge in [-0.3, -0.25) is 14.8 Å². The number of ketones is 1. The lowest BCUT2D eigenvalue weighted by molar-refractivity contribution is 0.0695. The Morgan fingerprint density at radius 3 is 2.24 bits per heavy atom. The van der Waals surface area contributed by atoms with E-state index in [9.17, 15) is 9.59 Å². The van der Waals surface area contributed by atoms with E-state index in [1.165, 1.54) is 11.8 Å². The molecule has 0 saturated heterocycles. The topological polar surface area (TPSA) is 80.1 Å². The molecule has 5 nitrogen and oxygen atoms in total. The Kier molecular flexibility index (Phi) is 7.00. The molecular weight excluding hydrogens is 412 g/mol. The SMILES string of the molecule is O=C(O)c1ccncc1CCc1ccccc1.O=C1c2ccccc2CCc2cnccc21. The highest BCUT2D eigenvalue weighted by Crippen LogP contribution is 2.23. The number of fused-ring (bicyclic) bond motifs is 2. The van der Waals surface area contributed by atoms with Crippen LogP contribution < -0.4 is 0 Å². The number of nitrogens with zero attached hydrogens (tertiary/aromatic N) is 2. The summed E-state index contributed by atoms with van der Waals surface area (Å²) in [6.07, 6.45) is 9.96. The maximum Gasteiger partial charge on any atom is 0.336 e. The van der Waals surface area contributed by atoms with Gasteiger partial charge in [-0.1, -0.05) is 54.6 Å². The molecule has 0 spiro atoms. The second kappa shape index (κ2) is 10.5. The lowest BCUT2D eigenvalue weighted by Crippen LogP contribution is -2.04. The molecule has 0 saturated carbocycles. The van der Waals surface area contributed by atoms with Crippen molar-refractivity contribution in [2.75, 3.05) is 0 Å². The number of carboxylic acid groups (broad SMARTS) is 1. The third-order valence-electron chi connectivity index (χ3n) is 5.73. The first-order valence-electron chi connectivity index (χ1n) is 10.9. The van der Waals surface area contributed by atoms with Crippen LogP contribution in [0.1, 0.15) is 48.5 Å². The van der Waals surface area contributed by atoms with Gasteiger partial charge in [-0.2, -0.15) is 0 Å². The van der Waals surface area contributed by atoms with Crippen LogP contribution in [-0.4, -0.2) is 26.8 Å². The molecule has 2 aromatic carbocycles. The molecule has 164 valence electrons. The van der Waals surface area contributed by atoms with Crippen molar-refractivity contribution in [3.63, 3.8) is 0 Å². The summed E-state index contributed by atoms with van der Waals surface area (Å²) < 4.78 is 0. The normalized spacial score (nSPS) is 11.9. The summed E-state index contributed by atoms with van der Waals surface area (Å²) in [6.45, 7) is 0. The highest BCUT2D eigenvalue weighted by atomic mass is 16.4. The van der Waals surface area contributed by atoms with Gasteiger partial charge in [0.15, 0.2) is 5.78 Å². The summed E-state index contributed by atoms with van der Waals surface area (Å²) in [5.41, 5.74) is 6.17. The third-order valence-corrected chi connectivity index (χ3v) is 5.73. The first-order valence-corrected chi connectivity index (χ1v) is 10.9. The van der Waals surface area contributed by atoms with E-state index in [1.54, 1.807) is 24.7 Å². The molecule has 0 radical (unpaired) electrons. The number of carbonyl (C=O) groups excluding carboxylic acids is 1. The predicted octanol–water partition coefficient (Wildman–Crippen LogP) is 4.98. The van der Waals surface area contributed by atoms with Crippen LogP contribution >= 0.6 is 0 Å². The van der Waals surface area contributed by atoms with E-state index in [4.69, 9.17) is 5.11 Å². The van der Waals surface area contributed by atoms with Crippen LogP contribution in [0.15, 0.2) is 91.5 Å². The van der Waals surface area contributed by atoms with Crippen LogP contribution in [0.5, 0.6) is 0 Å². The van der Waals surface area contributed by atoms with E-state index in [0.717, 1.165) is 47.1 Å². The number of hydrogen-bond donors (Lipinski definition) is 1. The Balaban J connectivity index is 0.000000157. The van der Waals surface area contributed by atoms with E-state index >= 15 is 0 Å². The number of aryl methyl sites for hydroxylation is 4. The quantitative estimate of drug-likeness (QED) is 0.488. The zero-order valence-electron chi connectivity index (χ0n) is 18.1. The van der Waals surface area contributed by atoms with Gasteiger partial charge >= 0.3 is 5.97 Å². The molecule has 2 aromatic heterocycles. The maximum atomic E-state index is 12.3. The largest absolute Gasteiger partial charge is 0.478 e. The van der Waals surface area contributed by atoms with Crippen molar-refractivity contribution in [2.45, 2.75) is 25.7 Å². The summed E-state index contributed by atoms with van der Waals surface area (Å²) in [6, 6.07) is 21.2. The fraction of sp³-hybridized carbons (Fsp3) is 0.143. The minimum Gasteiger partial charge on any atom is -0.478 e. The molecule has 0 fully saturated rings. The van der Waals surface area contributed by atoms with Crippen molar-refractivity contribution < 1.29 is 14.7 Å². The van der Waals surface area contributed by atoms with Gasteiger partial charge in [-0.15, -0.1) is 0 Å². The number of carboxylic acids is 1. The van der Waals surface area contributed by atoms with Crippen LogP contribution in [0.4, 0.5) is 0 Å². The molecule has 2 heterocycles. The molecule has 1 aliphatic carbocycles. The van der Waals surface area contributed by atoms with Gasteiger partial charge in [0.25, 0.3) is 0 Å². The van der Waals surface area contributed by atoms with Crippen LogP contribution in [0, 0.1) is 0 Å². The van der Waals surface area contributed by atoms with Crippen molar-refractivity contribution in [2.24, 2.45) is 0 Å². The minimum atomic E-state index is -0.893. The first kappa shape index (κ1) is 22.1. The molecule has 0 unspecified atom stereocenters. The third kappa shape index (κ3) is 5.39. The number of aromatic nitrogens is 2. The number of hydrogen-bond acceptors (Lipinski definition) is 4. The van der Waals surface area contributed by atoms with Crippen LogP contribution in [0.2, 0.25) is 0 Å². The molecule has 5 heteroatoms. The average Bonchev–Trinajstić information content (AvgIpc) is 3.01. The molecule has 5 rings (SSSR count). The summed E-state index contributed by atoms with van der Waals surface area (Å²) in [4.78, 5) is 31.4. The standard InChI is InChI=1S/C14H13NO2.C14H11NO/c16-14(17)13-8-9-15-10-12(13)7-6-11-4-2-1-3-5-11;16-14-12-4-2-1-3-10(12)5-6-11-9-15-8-7-13(11)14/h1-5,8-10H,6-7H2,(H,16,17);1-4,7-9H,5-6H2. The van der Waals surface area contributed by atoms with E-state index in [1.807, 2.05) is 60.7 Å². The van der Waals surface area contributed by atoms with Crippen LogP contribution in [-0.2, 0) is 25.7 Å². The molecule has 0 atom stereocenters. The zero-order chi connectivity index (χ0) is 23.0. The fourth-order valence-electron chi connectivity index (χ4n) is 3.98. The summed E-state index contributed by atoms with van der Waals surface area (Å²) >= 11 is 0. The molecule has 4 aromatic rings. The Morgan fingerprint density at radius 1 is 0.758 bits per heavy atom. The van der Waals surface area contributed by atoms with Gasteiger partial charge in [0, 0.05) is 35.9 Å². The predicted molar refractivity (Wildman–Crippen MR) is 127 cm³/mol. The molecule has 0 aliphatic heterocycles. The molecule has 0 bridgehead atoms. The smallest absolute Gasteiger partial charge is 0.336 e. The number of rotatable bonds is 4. The number of carbonyl (C=O) groups is 2. The summed E-state index contributed by atoms with van der Waals surface area (Å²) in [5, 5.41) is 9.04. The van der Waals surface area contributed by atoms with Gasteiger partial charge in [0.2, 0.25) is 0 Å². The van der Waals surface area contributed by atoms with E-state index in [0.29, 0.717) is 12.0 Å². The van der Waals surface area contributed by atoms with E-state index in [-0.39, 0.29) is 5.78 Å². The summed E-state index contributed by atoms with van der Waals surface area (Å²) in [7, 11) is 0. The number of benzene rings is 2. The minimum absolute atomic E-state index is 0.130. The zero-order valence-corrected chi connectivity index (χ0v) is 18.1. The maximum absolute atomic E-state index is 12.3. The van der Waals surface area contributed by atoms with Gasteiger partial charge in [0.05, 0.1) is 5.56 Å². The lowest BCUT2D eigenvalue weighted by Gasteiger charge is -2.05. The Bertz CT molecular complexity index is 1220. The Morgan fingerprint density at radius 2 is 1.42 bits per heavy atom. The summed E-state index contributed by atoms with van der Waals surface area (Å²) in [5.74, 6) is -0.763. The fourth-order valence-corrected chi connectivity index (χ4v) is 3.98. The Hall–Kier alpha value is -4.12. The van der Waals surface area contributed by atoms with Gasteiger partial charge < -0.3 is 5.11 Å². The molecular formula is C28H24N2O3. The lowest BCUT2D eigenvalue weighted by atomic mass is 10.0. The van der Waals surface area contributed by atoms with Crippen molar-refractivity contribution in [3.8, 4) is 0 Å².